The van der Waals surface area contributed by atoms with Gasteiger partial charge in [-0.15, -0.1) is 0 Å². The van der Waals surface area contributed by atoms with Crippen LogP contribution in [0.5, 0.6) is 0 Å². The quantitative estimate of drug-likeness (QED) is 0.434. The molecule has 0 unspecified atom stereocenters. The molecule has 3 aromatic heterocycles. The van der Waals surface area contributed by atoms with Crippen molar-refractivity contribution < 1.29 is 21.3 Å². The number of nitriles is 1. The van der Waals surface area contributed by atoms with E-state index in [2.05, 4.69) is 16.0 Å². The van der Waals surface area contributed by atoms with E-state index < -0.39 is 25.1 Å². The monoisotopic (exact) mass is 470 g/mol. The van der Waals surface area contributed by atoms with Crippen LogP contribution in [0.4, 0.5) is 0 Å². The third-order valence-electron chi connectivity index (χ3n) is 5.76. The minimum atomic E-state index is -3.73. The molecule has 164 valence electrons. The van der Waals surface area contributed by atoms with E-state index in [-0.39, 0.29) is 32.8 Å². The fourth-order valence-electron chi connectivity index (χ4n) is 3.72. The zero-order valence-electron chi connectivity index (χ0n) is 17.2. The van der Waals surface area contributed by atoms with Crippen LogP contribution in [0.15, 0.2) is 50.9 Å². The Hall–Kier alpha value is -3.23. The van der Waals surface area contributed by atoms with E-state index in [0.29, 0.717) is 11.2 Å². The first-order valence-corrected chi connectivity index (χ1v) is 13.4. The van der Waals surface area contributed by atoms with Crippen molar-refractivity contribution in [3.8, 4) is 17.7 Å². The molecule has 11 heteroatoms. The molecule has 0 atom stereocenters. The molecular formula is C21H18N4O5S2. The standard InChI is InChI=1S/C21H18N4O5S2/c1-3-32(28,29)20-18(19-23-15-11-14(31(2,26)27)4-5-16(15)30-19)24-17-10-13(6-9-25(17)20)21(12-22)7-8-21/h4-6,9-11H,3,7-8H2,1-2H3. The maximum Gasteiger partial charge on any atom is 0.249 e. The Labute approximate surface area is 184 Å². The van der Waals surface area contributed by atoms with Gasteiger partial charge in [0.1, 0.15) is 11.2 Å². The summed E-state index contributed by atoms with van der Waals surface area (Å²) < 4.78 is 56.9. The SMILES string of the molecule is CCS(=O)(=O)c1c(-c2nc3cc(S(C)(=O)=O)ccc3o2)nc2cc(C3(C#N)CC3)ccn12. The van der Waals surface area contributed by atoms with E-state index in [4.69, 9.17) is 4.42 Å². The van der Waals surface area contributed by atoms with Crippen LogP contribution in [0, 0.1) is 11.3 Å². The van der Waals surface area contributed by atoms with E-state index in [9.17, 15) is 22.1 Å². The van der Waals surface area contributed by atoms with Crippen LogP contribution in [0.3, 0.4) is 0 Å². The second kappa shape index (κ2) is 6.63. The van der Waals surface area contributed by atoms with Crippen molar-refractivity contribution in [3.05, 3.63) is 42.1 Å². The van der Waals surface area contributed by atoms with Gasteiger partial charge in [-0.2, -0.15) is 5.26 Å². The molecule has 4 aromatic rings. The molecule has 1 saturated carbocycles. The predicted molar refractivity (Wildman–Crippen MR) is 116 cm³/mol. The number of aromatic nitrogens is 3. The Morgan fingerprint density at radius 3 is 2.53 bits per heavy atom. The average molecular weight is 471 g/mol. The molecule has 0 radical (unpaired) electrons. The Bertz CT molecular complexity index is 1670. The highest BCUT2D eigenvalue weighted by atomic mass is 32.2. The molecule has 1 aliphatic rings. The third-order valence-corrected chi connectivity index (χ3v) is 8.61. The fourth-order valence-corrected chi connectivity index (χ4v) is 5.52. The lowest BCUT2D eigenvalue weighted by atomic mass is 9.99. The number of oxazole rings is 1. The Kier molecular flexibility index (Phi) is 4.28. The van der Waals surface area contributed by atoms with Gasteiger partial charge < -0.3 is 4.42 Å². The average Bonchev–Trinajstić information content (AvgIpc) is 3.27. The van der Waals surface area contributed by atoms with E-state index >= 15 is 0 Å². The summed E-state index contributed by atoms with van der Waals surface area (Å²) >= 11 is 0. The molecule has 1 fully saturated rings. The lowest BCUT2D eigenvalue weighted by molar-refractivity contribution is 0.588. The summed E-state index contributed by atoms with van der Waals surface area (Å²) in [6.45, 7) is 1.53. The zero-order chi connectivity index (χ0) is 22.9. The summed E-state index contributed by atoms with van der Waals surface area (Å²) in [7, 11) is -7.17. The lowest BCUT2D eigenvalue weighted by Gasteiger charge is -2.07. The largest absolute Gasteiger partial charge is 0.435 e. The molecule has 3 heterocycles. The summed E-state index contributed by atoms with van der Waals surface area (Å²) in [4.78, 5) is 8.92. The predicted octanol–water partition coefficient (Wildman–Crippen LogP) is 2.89. The van der Waals surface area contributed by atoms with Crippen molar-refractivity contribution >= 4 is 36.4 Å². The van der Waals surface area contributed by atoms with Gasteiger partial charge in [0.15, 0.2) is 36.0 Å². The molecule has 0 N–H and O–H groups in total. The summed E-state index contributed by atoms with van der Waals surface area (Å²) in [5.74, 6) is -0.180. The van der Waals surface area contributed by atoms with Crippen molar-refractivity contribution in [2.24, 2.45) is 0 Å². The minimum Gasteiger partial charge on any atom is -0.435 e. The second-order valence-electron chi connectivity index (χ2n) is 7.93. The van der Waals surface area contributed by atoms with Crippen LogP contribution in [-0.4, -0.2) is 43.2 Å². The Morgan fingerprint density at radius 1 is 1.16 bits per heavy atom. The van der Waals surface area contributed by atoms with Gasteiger partial charge in [0.05, 0.1) is 22.1 Å². The highest BCUT2D eigenvalue weighted by Gasteiger charge is 2.45. The first-order valence-electron chi connectivity index (χ1n) is 9.86. The number of nitrogens with zero attached hydrogens (tertiary/aromatic N) is 4. The van der Waals surface area contributed by atoms with Gasteiger partial charge >= 0.3 is 0 Å². The molecule has 9 nitrogen and oxygen atoms in total. The maximum absolute atomic E-state index is 13.0. The van der Waals surface area contributed by atoms with E-state index in [1.54, 1.807) is 18.3 Å². The van der Waals surface area contributed by atoms with Crippen molar-refractivity contribution in [2.75, 3.05) is 12.0 Å². The molecule has 0 amide bonds. The second-order valence-corrected chi connectivity index (χ2v) is 12.1. The van der Waals surface area contributed by atoms with Crippen LogP contribution in [0.25, 0.3) is 28.3 Å². The summed E-state index contributed by atoms with van der Waals surface area (Å²) in [6.07, 6.45) is 4.20. The lowest BCUT2D eigenvalue weighted by Crippen LogP contribution is -2.09. The van der Waals surface area contributed by atoms with Gasteiger partial charge in [-0.3, -0.25) is 4.40 Å². The van der Waals surface area contributed by atoms with Gasteiger partial charge in [-0.1, -0.05) is 6.92 Å². The normalized spacial score (nSPS) is 15.8. The maximum atomic E-state index is 13.0. The zero-order valence-corrected chi connectivity index (χ0v) is 18.9. The molecule has 0 bridgehead atoms. The van der Waals surface area contributed by atoms with Gasteiger partial charge in [0.2, 0.25) is 5.89 Å². The molecule has 0 saturated heterocycles. The van der Waals surface area contributed by atoms with Crippen LogP contribution in [0.2, 0.25) is 0 Å². The summed E-state index contributed by atoms with van der Waals surface area (Å²) in [5.41, 5.74) is 1.25. The number of pyridine rings is 1. The van der Waals surface area contributed by atoms with E-state index in [1.165, 1.54) is 29.5 Å². The highest BCUT2D eigenvalue weighted by molar-refractivity contribution is 7.91. The molecule has 1 aromatic carbocycles. The van der Waals surface area contributed by atoms with Crippen molar-refractivity contribution in [1.82, 2.24) is 14.4 Å². The molecule has 0 aliphatic heterocycles. The highest BCUT2D eigenvalue weighted by Crippen LogP contribution is 2.48. The van der Waals surface area contributed by atoms with Gasteiger partial charge in [0, 0.05) is 12.5 Å². The van der Waals surface area contributed by atoms with Crippen LogP contribution in [-0.2, 0) is 25.1 Å². The molecule has 5 rings (SSSR count). The number of fused-ring (bicyclic) bond motifs is 2. The van der Waals surface area contributed by atoms with Crippen LogP contribution in [0.1, 0.15) is 25.3 Å². The number of benzene rings is 1. The molecule has 32 heavy (non-hydrogen) atoms. The van der Waals surface area contributed by atoms with E-state index in [0.717, 1.165) is 24.7 Å². The molecule has 0 spiro atoms. The van der Waals surface area contributed by atoms with Crippen molar-refractivity contribution in [2.45, 2.75) is 35.1 Å². The van der Waals surface area contributed by atoms with Gasteiger partial charge in [-0.25, -0.2) is 26.8 Å². The Balaban J connectivity index is 1.76. The first-order chi connectivity index (χ1) is 15.1. The Morgan fingerprint density at radius 2 is 1.91 bits per heavy atom. The first kappa shape index (κ1) is 20.7. The van der Waals surface area contributed by atoms with E-state index in [1.807, 2.05) is 0 Å². The van der Waals surface area contributed by atoms with Crippen molar-refractivity contribution in [3.63, 3.8) is 0 Å². The van der Waals surface area contributed by atoms with Gasteiger partial charge in [-0.05, 0) is 48.7 Å². The van der Waals surface area contributed by atoms with Crippen LogP contribution < -0.4 is 0 Å². The topological polar surface area (TPSA) is 135 Å². The number of hydrogen-bond donors (Lipinski definition) is 0. The number of hydrogen-bond acceptors (Lipinski definition) is 8. The minimum absolute atomic E-state index is 0.0238. The summed E-state index contributed by atoms with van der Waals surface area (Å²) in [5, 5.41) is 9.45. The number of rotatable bonds is 5. The smallest absolute Gasteiger partial charge is 0.249 e. The molecule has 1 aliphatic carbocycles. The van der Waals surface area contributed by atoms with Crippen molar-refractivity contribution in [1.29, 1.82) is 5.26 Å². The molecular weight excluding hydrogens is 452 g/mol. The number of imidazole rings is 1. The third kappa shape index (κ3) is 3.10. The number of sulfone groups is 2. The van der Waals surface area contributed by atoms with Crippen LogP contribution >= 0.6 is 0 Å². The summed E-state index contributed by atoms with van der Waals surface area (Å²) in [6, 6.07) is 10.1. The fraction of sp³-hybridized carbons (Fsp3) is 0.286. The van der Waals surface area contributed by atoms with Gasteiger partial charge in [0.25, 0.3) is 0 Å².